The zero-order valence-corrected chi connectivity index (χ0v) is 26.2. The van der Waals surface area contributed by atoms with Gasteiger partial charge in [0.2, 0.25) is 11.9 Å². The Morgan fingerprint density at radius 1 is 1.02 bits per heavy atom. The van der Waals surface area contributed by atoms with Crippen LogP contribution in [0.3, 0.4) is 0 Å². The van der Waals surface area contributed by atoms with Gasteiger partial charge in [-0.15, -0.1) is 0 Å². The van der Waals surface area contributed by atoms with Gasteiger partial charge in [0.05, 0.1) is 24.2 Å². The van der Waals surface area contributed by atoms with Crippen LogP contribution < -0.4 is 15.5 Å². The summed E-state index contributed by atoms with van der Waals surface area (Å²) in [5.41, 5.74) is 1.88. The number of carbonyl (C=O) groups is 2. The summed E-state index contributed by atoms with van der Waals surface area (Å²) >= 11 is 0. The number of aromatic hydroxyl groups is 1. The highest BCUT2D eigenvalue weighted by atomic mass is 16.3. The van der Waals surface area contributed by atoms with Gasteiger partial charge in [-0.25, -0.2) is 4.98 Å². The summed E-state index contributed by atoms with van der Waals surface area (Å²) in [6, 6.07) is 24.8. The van der Waals surface area contributed by atoms with Crippen molar-refractivity contribution in [2.24, 2.45) is 0 Å². The molecular formula is C36H38N8O3. The minimum absolute atomic E-state index is 0.0387. The molecule has 0 saturated carbocycles. The van der Waals surface area contributed by atoms with E-state index in [4.69, 9.17) is 4.98 Å². The number of nitrogens with zero attached hydrogens (tertiary/aromatic N) is 6. The predicted molar refractivity (Wildman–Crippen MR) is 182 cm³/mol. The molecule has 1 aromatic heterocycles. The molecule has 2 amide bonds. The van der Waals surface area contributed by atoms with Crippen molar-refractivity contribution < 1.29 is 14.7 Å². The Labute approximate surface area is 274 Å². The van der Waals surface area contributed by atoms with Crippen LogP contribution in [0.5, 0.6) is 5.75 Å². The number of phenolic OH excluding ortho intramolecular Hbond substituents is 1. The Bertz CT molecular complexity index is 1810. The van der Waals surface area contributed by atoms with E-state index in [0.717, 1.165) is 36.7 Å². The van der Waals surface area contributed by atoms with Crippen LogP contribution in [-0.4, -0.2) is 81.5 Å². The largest absolute Gasteiger partial charge is 0.508 e. The molecule has 11 heteroatoms. The number of benzene rings is 3. The van der Waals surface area contributed by atoms with Gasteiger partial charge in [-0.05, 0) is 42.5 Å². The van der Waals surface area contributed by atoms with Crippen LogP contribution in [0, 0.1) is 11.3 Å². The molecule has 0 bridgehead atoms. The SMILES string of the molecule is C=CC(=O)N1CCN(c2cc(C(=O)Nc3cc(O)cc4ccccc34)nc(NC[C@@H]3CCCN3Cc3ccccc3)n2)C[C@@H]1CC#N. The van der Waals surface area contributed by atoms with E-state index in [2.05, 4.69) is 57.4 Å². The Morgan fingerprint density at radius 3 is 2.64 bits per heavy atom. The molecule has 6 rings (SSSR count). The first-order chi connectivity index (χ1) is 22.9. The third-order valence-corrected chi connectivity index (χ3v) is 8.85. The Morgan fingerprint density at radius 2 is 1.83 bits per heavy atom. The van der Waals surface area contributed by atoms with Crippen molar-refractivity contribution in [1.29, 1.82) is 5.26 Å². The summed E-state index contributed by atoms with van der Waals surface area (Å²) in [5, 5.41) is 27.8. The molecule has 2 saturated heterocycles. The van der Waals surface area contributed by atoms with Crippen LogP contribution in [0.15, 0.2) is 85.5 Å². The molecule has 0 radical (unpaired) electrons. The minimum atomic E-state index is -0.451. The first kappa shape index (κ1) is 31.5. The number of anilines is 3. The molecule has 0 unspecified atom stereocenters. The number of hydrogen-bond acceptors (Lipinski definition) is 9. The number of aromatic nitrogens is 2. The first-order valence-electron chi connectivity index (χ1n) is 15.9. The summed E-state index contributed by atoms with van der Waals surface area (Å²) in [6.07, 6.45) is 3.56. The highest BCUT2D eigenvalue weighted by Gasteiger charge is 2.31. The van der Waals surface area contributed by atoms with Crippen molar-refractivity contribution >= 4 is 40.0 Å². The van der Waals surface area contributed by atoms with Gasteiger partial charge in [-0.1, -0.05) is 61.2 Å². The van der Waals surface area contributed by atoms with E-state index < -0.39 is 5.91 Å². The molecule has 11 nitrogen and oxygen atoms in total. The molecule has 2 aliphatic rings. The molecule has 2 atom stereocenters. The number of phenols is 1. The van der Waals surface area contributed by atoms with E-state index in [-0.39, 0.29) is 35.9 Å². The van der Waals surface area contributed by atoms with E-state index in [1.165, 1.54) is 17.7 Å². The van der Waals surface area contributed by atoms with E-state index >= 15 is 0 Å². The summed E-state index contributed by atoms with van der Waals surface area (Å²) in [4.78, 5) is 41.8. The maximum absolute atomic E-state index is 13.8. The van der Waals surface area contributed by atoms with Gasteiger partial charge in [-0.3, -0.25) is 14.5 Å². The maximum atomic E-state index is 13.8. The highest BCUT2D eigenvalue weighted by Crippen LogP contribution is 2.30. The number of amides is 2. The highest BCUT2D eigenvalue weighted by molar-refractivity contribution is 6.09. The number of likely N-dealkylation sites (tertiary alicyclic amines) is 1. The van der Waals surface area contributed by atoms with Gasteiger partial charge >= 0.3 is 0 Å². The normalized spacial score (nSPS) is 18.1. The van der Waals surface area contributed by atoms with Gasteiger partial charge in [0.1, 0.15) is 17.3 Å². The monoisotopic (exact) mass is 630 g/mol. The average Bonchev–Trinajstić information content (AvgIpc) is 3.54. The molecule has 47 heavy (non-hydrogen) atoms. The molecule has 0 aliphatic carbocycles. The van der Waals surface area contributed by atoms with Crippen LogP contribution in [0.4, 0.5) is 17.5 Å². The fraction of sp³-hybridized carbons (Fsp3) is 0.306. The summed E-state index contributed by atoms with van der Waals surface area (Å²) in [7, 11) is 0. The molecule has 0 spiro atoms. The van der Waals surface area contributed by atoms with Crippen molar-refractivity contribution in [2.45, 2.75) is 37.9 Å². The zero-order chi connectivity index (χ0) is 32.8. The second kappa shape index (κ2) is 14.3. The summed E-state index contributed by atoms with van der Waals surface area (Å²) < 4.78 is 0. The van der Waals surface area contributed by atoms with Gasteiger partial charge < -0.3 is 25.5 Å². The molecular weight excluding hydrogens is 592 g/mol. The summed E-state index contributed by atoms with van der Waals surface area (Å²) in [5.74, 6) is 0.214. The van der Waals surface area contributed by atoms with Crippen molar-refractivity contribution in [2.75, 3.05) is 48.3 Å². The lowest BCUT2D eigenvalue weighted by Crippen LogP contribution is -2.55. The number of fused-ring (bicyclic) bond motifs is 1. The Kier molecular flexibility index (Phi) is 9.59. The Balaban J connectivity index is 1.27. The summed E-state index contributed by atoms with van der Waals surface area (Å²) in [6.45, 7) is 7.29. The average molecular weight is 631 g/mol. The maximum Gasteiger partial charge on any atom is 0.274 e. The quantitative estimate of drug-likeness (QED) is 0.211. The fourth-order valence-corrected chi connectivity index (χ4v) is 6.49. The van der Waals surface area contributed by atoms with Gasteiger partial charge in [-0.2, -0.15) is 10.2 Å². The van der Waals surface area contributed by atoms with E-state index in [1.54, 1.807) is 17.0 Å². The zero-order valence-electron chi connectivity index (χ0n) is 26.2. The van der Waals surface area contributed by atoms with Crippen LogP contribution in [0.1, 0.15) is 35.3 Å². The number of rotatable bonds is 10. The van der Waals surface area contributed by atoms with E-state index in [1.807, 2.05) is 35.2 Å². The van der Waals surface area contributed by atoms with Crippen LogP contribution in [0.2, 0.25) is 0 Å². The third kappa shape index (κ3) is 7.34. The molecule has 2 fully saturated rings. The molecule has 4 aromatic rings. The number of hydrogen-bond donors (Lipinski definition) is 3. The predicted octanol–water partition coefficient (Wildman–Crippen LogP) is 4.78. The Hall–Kier alpha value is -5.47. The van der Waals surface area contributed by atoms with Crippen LogP contribution in [-0.2, 0) is 11.3 Å². The second-order valence-corrected chi connectivity index (χ2v) is 11.9. The molecule has 240 valence electrons. The number of nitrogens with one attached hydrogen (secondary N) is 2. The minimum Gasteiger partial charge on any atom is -0.508 e. The van der Waals surface area contributed by atoms with Crippen molar-refractivity contribution in [3.8, 4) is 11.8 Å². The van der Waals surface area contributed by atoms with Gasteiger partial charge in [0, 0.05) is 56.3 Å². The van der Waals surface area contributed by atoms with Crippen LogP contribution in [0.25, 0.3) is 10.8 Å². The van der Waals surface area contributed by atoms with E-state index in [0.29, 0.717) is 43.6 Å². The van der Waals surface area contributed by atoms with Crippen molar-refractivity contribution in [3.05, 3.63) is 96.7 Å². The lowest BCUT2D eigenvalue weighted by Gasteiger charge is -2.40. The third-order valence-electron chi connectivity index (χ3n) is 8.85. The van der Waals surface area contributed by atoms with Crippen molar-refractivity contribution in [1.82, 2.24) is 19.8 Å². The van der Waals surface area contributed by atoms with Crippen molar-refractivity contribution in [3.63, 3.8) is 0 Å². The number of carbonyl (C=O) groups excluding carboxylic acids is 2. The second-order valence-electron chi connectivity index (χ2n) is 11.9. The number of piperazine rings is 1. The van der Waals surface area contributed by atoms with Crippen LogP contribution >= 0.6 is 0 Å². The smallest absolute Gasteiger partial charge is 0.274 e. The standard InChI is InChI=1S/C36H38N8O3/c1-2-34(46)44-18-17-43(24-28(44)14-15-37)33-21-32(35(47)39-31-20-29(45)19-26-11-6-7-13-30(26)31)40-36(41-33)38-22-27-12-8-16-42(27)23-25-9-4-3-5-10-25/h2-7,9-11,13,19-21,27-28,45H,1,8,12,14,16-18,22-24H2,(H,39,47)(H,38,40,41)/t27-,28-/m0/s1. The lowest BCUT2D eigenvalue weighted by atomic mass is 10.1. The topological polar surface area (TPSA) is 138 Å². The molecule has 3 heterocycles. The molecule has 3 N–H and O–H groups in total. The van der Waals surface area contributed by atoms with Gasteiger partial charge in [0.15, 0.2) is 0 Å². The molecule has 2 aliphatic heterocycles. The lowest BCUT2D eigenvalue weighted by molar-refractivity contribution is -0.128. The molecule has 3 aromatic carbocycles. The van der Waals surface area contributed by atoms with E-state index in [9.17, 15) is 20.0 Å². The first-order valence-corrected chi connectivity index (χ1v) is 15.9. The number of nitriles is 1. The van der Waals surface area contributed by atoms with Gasteiger partial charge in [0.25, 0.3) is 5.91 Å². The fourth-order valence-electron chi connectivity index (χ4n) is 6.49.